The molecule has 0 bridgehead atoms. The fourth-order valence-electron chi connectivity index (χ4n) is 1.62. The highest BCUT2D eigenvalue weighted by Gasteiger charge is 2.16. The smallest absolute Gasteiger partial charge is 0.224 e. The summed E-state index contributed by atoms with van der Waals surface area (Å²) in [7, 11) is 0. The maximum atomic E-state index is 11.7. The first kappa shape index (κ1) is 14.5. The number of hydrogen-bond donors (Lipinski definition) is 2. The third-order valence-electron chi connectivity index (χ3n) is 2.62. The van der Waals surface area contributed by atoms with Crippen LogP contribution in [-0.4, -0.2) is 5.91 Å². The van der Waals surface area contributed by atoms with E-state index in [9.17, 15) is 4.79 Å². The molecule has 0 spiro atoms. The van der Waals surface area contributed by atoms with Gasteiger partial charge in [-0.15, -0.1) is 0 Å². The largest absolute Gasteiger partial charge is 0.397 e. The van der Waals surface area contributed by atoms with Gasteiger partial charge >= 0.3 is 0 Å². The van der Waals surface area contributed by atoms with Crippen LogP contribution in [0.2, 0.25) is 0 Å². The molecule has 0 radical (unpaired) electrons. The minimum Gasteiger partial charge on any atom is -0.397 e. The molecule has 1 amide bonds. The lowest BCUT2D eigenvalue weighted by molar-refractivity contribution is -0.116. The number of rotatable bonds is 3. The number of benzene rings is 1. The van der Waals surface area contributed by atoms with Crippen LogP contribution in [0.3, 0.4) is 0 Å². The van der Waals surface area contributed by atoms with Crippen LogP contribution in [0, 0.1) is 13.8 Å². The maximum absolute atomic E-state index is 11.7. The zero-order chi connectivity index (χ0) is 13.2. The summed E-state index contributed by atoms with van der Waals surface area (Å²) in [6, 6.07) is 0. The highest BCUT2D eigenvalue weighted by atomic mass is 79.9. The number of halogens is 2. The number of nitrogen functional groups attached to an aromatic ring is 1. The van der Waals surface area contributed by atoms with Gasteiger partial charge in [0.05, 0.1) is 5.69 Å². The SMILES string of the molecule is CCCC(=O)Nc1c(C)c(Br)c(N)c(Br)c1C. The normalized spacial score (nSPS) is 10.4. The molecular weight excluding hydrogens is 348 g/mol. The summed E-state index contributed by atoms with van der Waals surface area (Å²) in [4.78, 5) is 11.7. The first-order valence-corrected chi connectivity index (χ1v) is 7.02. The van der Waals surface area contributed by atoms with Crippen molar-refractivity contribution in [2.24, 2.45) is 0 Å². The van der Waals surface area contributed by atoms with Crippen LogP contribution in [0.25, 0.3) is 0 Å². The fourth-order valence-corrected chi connectivity index (χ4v) is 2.68. The maximum Gasteiger partial charge on any atom is 0.224 e. The lowest BCUT2D eigenvalue weighted by Gasteiger charge is -2.17. The minimum atomic E-state index is 0.0299. The van der Waals surface area contributed by atoms with Crippen LogP contribution in [0.1, 0.15) is 30.9 Å². The Morgan fingerprint density at radius 3 is 2.12 bits per heavy atom. The molecule has 0 unspecified atom stereocenters. The van der Waals surface area contributed by atoms with Crippen molar-refractivity contribution in [2.75, 3.05) is 11.1 Å². The molecule has 0 heterocycles. The van der Waals surface area contributed by atoms with Crippen molar-refractivity contribution in [3.8, 4) is 0 Å². The van der Waals surface area contributed by atoms with E-state index in [0.29, 0.717) is 12.1 Å². The number of nitrogens with two attached hydrogens (primary N) is 1. The average molecular weight is 364 g/mol. The average Bonchev–Trinajstić information content (AvgIpc) is 2.30. The molecule has 0 aromatic heterocycles. The van der Waals surface area contributed by atoms with E-state index < -0.39 is 0 Å². The van der Waals surface area contributed by atoms with Crippen molar-refractivity contribution in [1.82, 2.24) is 0 Å². The van der Waals surface area contributed by atoms with Crippen molar-refractivity contribution in [1.29, 1.82) is 0 Å². The molecule has 0 aliphatic carbocycles. The van der Waals surface area contributed by atoms with Crippen molar-refractivity contribution in [3.63, 3.8) is 0 Å². The van der Waals surface area contributed by atoms with Gasteiger partial charge in [-0.25, -0.2) is 0 Å². The van der Waals surface area contributed by atoms with Crippen LogP contribution >= 0.6 is 31.9 Å². The molecule has 17 heavy (non-hydrogen) atoms. The summed E-state index contributed by atoms with van der Waals surface area (Å²) < 4.78 is 1.64. The van der Waals surface area contributed by atoms with Gasteiger partial charge in [-0.05, 0) is 63.3 Å². The number of carbonyl (C=O) groups excluding carboxylic acids is 1. The molecule has 0 atom stereocenters. The van der Waals surface area contributed by atoms with Gasteiger partial charge in [0.2, 0.25) is 5.91 Å². The van der Waals surface area contributed by atoms with E-state index in [2.05, 4.69) is 37.2 Å². The monoisotopic (exact) mass is 362 g/mol. The number of carbonyl (C=O) groups is 1. The van der Waals surface area contributed by atoms with Crippen molar-refractivity contribution in [2.45, 2.75) is 33.6 Å². The van der Waals surface area contributed by atoms with E-state index in [1.807, 2.05) is 20.8 Å². The predicted octanol–water partition coefficient (Wildman–Crippen LogP) is 4.15. The molecule has 3 nitrogen and oxygen atoms in total. The van der Waals surface area contributed by atoms with Crippen molar-refractivity contribution < 1.29 is 4.79 Å². The first-order chi connectivity index (χ1) is 7.90. The van der Waals surface area contributed by atoms with E-state index in [-0.39, 0.29) is 5.91 Å². The standard InChI is InChI=1S/C12H16Br2N2O/c1-4-5-8(17)16-12-6(2)9(13)11(15)10(14)7(12)3/h4-5,15H2,1-3H3,(H,16,17). The second-order valence-corrected chi connectivity index (χ2v) is 5.55. The van der Waals surface area contributed by atoms with Gasteiger partial charge < -0.3 is 11.1 Å². The Kier molecular flexibility index (Phi) is 5.01. The number of anilines is 2. The van der Waals surface area contributed by atoms with E-state index in [1.54, 1.807) is 0 Å². The Morgan fingerprint density at radius 1 is 1.24 bits per heavy atom. The molecule has 1 aromatic carbocycles. The van der Waals surface area contributed by atoms with E-state index in [4.69, 9.17) is 5.73 Å². The van der Waals surface area contributed by atoms with Crippen molar-refractivity contribution >= 4 is 49.1 Å². The summed E-state index contributed by atoms with van der Waals surface area (Å²) in [5.74, 6) is 0.0299. The topological polar surface area (TPSA) is 55.1 Å². The third-order valence-corrected chi connectivity index (χ3v) is 4.67. The Hall–Kier alpha value is -0.550. The summed E-state index contributed by atoms with van der Waals surface area (Å²) >= 11 is 6.88. The molecule has 0 aliphatic rings. The van der Waals surface area contributed by atoms with E-state index in [1.165, 1.54) is 0 Å². The van der Waals surface area contributed by atoms with Crippen LogP contribution < -0.4 is 11.1 Å². The van der Waals surface area contributed by atoms with Crippen LogP contribution in [0.5, 0.6) is 0 Å². The summed E-state index contributed by atoms with van der Waals surface area (Å²) in [5, 5.41) is 2.93. The molecule has 1 aromatic rings. The van der Waals surface area contributed by atoms with Crippen LogP contribution in [0.15, 0.2) is 8.95 Å². The lowest BCUT2D eigenvalue weighted by atomic mass is 10.1. The van der Waals surface area contributed by atoms with Crippen LogP contribution in [-0.2, 0) is 4.79 Å². The zero-order valence-electron chi connectivity index (χ0n) is 10.2. The lowest BCUT2D eigenvalue weighted by Crippen LogP contribution is -2.13. The van der Waals surface area contributed by atoms with Gasteiger partial charge in [0, 0.05) is 21.1 Å². The number of amides is 1. The minimum absolute atomic E-state index is 0.0299. The van der Waals surface area contributed by atoms with E-state index in [0.717, 1.165) is 32.2 Å². The summed E-state index contributed by atoms with van der Waals surface area (Å²) in [5.41, 5.74) is 9.33. The molecule has 5 heteroatoms. The van der Waals surface area contributed by atoms with Gasteiger partial charge in [0.15, 0.2) is 0 Å². The third kappa shape index (κ3) is 3.01. The number of nitrogens with one attached hydrogen (secondary N) is 1. The predicted molar refractivity (Wildman–Crippen MR) is 79.3 cm³/mol. The molecule has 0 saturated carbocycles. The highest BCUT2D eigenvalue weighted by molar-refractivity contribution is 9.11. The quantitative estimate of drug-likeness (QED) is 0.792. The van der Waals surface area contributed by atoms with Gasteiger partial charge in [0.1, 0.15) is 0 Å². The molecule has 94 valence electrons. The Balaban J connectivity index is 3.20. The molecule has 3 N–H and O–H groups in total. The van der Waals surface area contributed by atoms with Crippen molar-refractivity contribution in [3.05, 3.63) is 20.1 Å². The summed E-state index contributed by atoms with van der Waals surface area (Å²) in [6.07, 6.45) is 1.36. The Labute approximate surface area is 118 Å². The van der Waals surface area contributed by atoms with Gasteiger partial charge in [-0.2, -0.15) is 0 Å². The van der Waals surface area contributed by atoms with Gasteiger partial charge in [-0.3, -0.25) is 4.79 Å². The zero-order valence-corrected chi connectivity index (χ0v) is 13.3. The van der Waals surface area contributed by atoms with Gasteiger partial charge in [-0.1, -0.05) is 6.92 Å². The molecule has 0 aliphatic heterocycles. The highest BCUT2D eigenvalue weighted by Crippen LogP contribution is 2.39. The molecule has 0 fully saturated rings. The van der Waals surface area contributed by atoms with Gasteiger partial charge in [0.25, 0.3) is 0 Å². The van der Waals surface area contributed by atoms with Crippen LogP contribution in [0.4, 0.5) is 11.4 Å². The summed E-state index contributed by atoms with van der Waals surface area (Å²) in [6.45, 7) is 5.84. The number of hydrogen-bond acceptors (Lipinski definition) is 2. The second kappa shape index (κ2) is 5.87. The molecule has 0 saturated heterocycles. The second-order valence-electron chi connectivity index (χ2n) is 3.96. The fraction of sp³-hybridized carbons (Fsp3) is 0.417. The Morgan fingerprint density at radius 2 is 1.71 bits per heavy atom. The van der Waals surface area contributed by atoms with E-state index >= 15 is 0 Å². The molecule has 1 rings (SSSR count). The first-order valence-electron chi connectivity index (χ1n) is 5.43. The Bertz CT molecular complexity index is 429. The molecular formula is C12H16Br2N2O.